The number of terminal acetylenes is 1. The molecule has 0 aliphatic rings. The van der Waals surface area contributed by atoms with Crippen LogP contribution < -0.4 is 10.5 Å². The minimum atomic E-state index is 0.232. The van der Waals surface area contributed by atoms with E-state index in [4.69, 9.17) is 16.9 Å². The molecule has 12 heavy (non-hydrogen) atoms. The second-order valence-electron chi connectivity index (χ2n) is 2.37. The third-order valence-electron chi connectivity index (χ3n) is 1.43. The average molecular weight is 162 g/mol. The molecule has 3 nitrogen and oxygen atoms in total. The van der Waals surface area contributed by atoms with Crippen LogP contribution in [-0.4, -0.2) is 11.6 Å². The summed E-state index contributed by atoms with van der Waals surface area (Å²) >= 11 is 0. The van der Waals surface area contributed by atoms with Gasteiger partial charge in [-0.3, -0.25) is 0 Å². The van der Waals surface area contributed by atoms with Crippen molar-refractivity contribution in [2.75, 3.05) is 12.3 Å². The second kappa shape index (κ2) is 3.63. The maximum Gasteiger partial charge on any atom is 0.214 e. The molecule has 1 aromatic heterocycles. The van der Waals surface area contributed by atoms with Gasteiger partial charge >= 0.3 is 0 Å². The van der Waals surface area contributed by atoms with Crippen LogP contribution in [-0.2, 0) is 0 Å². The molecular formula is C9H10N2O. The summed E-state index contributed by atoms with van der Waals surface area (Å²) in [6.45, 7) is 2.12. The maximum atomic E-state index is 5.56. The number of nitrogens with zero attached hydrogens (tertiary/aromatic N) is 1. The van der Waals surface area contributed by atoms with E-state index < -0.39 is 0 Å². The standard InChI is InChI=1S/C9H10N2O/c1-3-4-12-9-5-7(2)8(10)6-11-9/h1,5-6H,4,10H2,2H3. The highest BCUT2D eigenvalue weighted by Gasteiger charge is 1.97. The predicted octanol–water partition coefficient (Wildman–Crippen LogP) is 0.984. The summed E-state index contributed by atoms with van der Waals surface area (Å²) in [6, 6.07) is 1.76. The molecule has 0 aliphatic heterocycles. The van der Waals surface area contributed by atoms with Crippen molar-refractivity contribution < 1.29 is 4.74 Å². The summed E-state index contributed by atoms with van der Waals surface area (Å²) < 4.78 is 5.09. The van der Waals surface area contributed by atoms with Gasteiger partial charge in [-0.2, -0.15) is 0 Å². The van der Waals surface area contributed by atoms with Crippen molar-refractivity contribution in [3.63, 3.8) is 0 Å². The Bertz CT molecular complexity index is 315. The third-order valence-corrected chi connectivity index (χ3v) is 1.43. The molecule has 1 aromatic rings. The van der Waals surface area contributed by atoms with Crippen LogP contribution in [0.1, 0.15) is 5.56 Å². The fraction of sp³-hybridized carbons (Fsp3) is 0.222. The first-order valence-corrected chi connectivity index (χ1v) is 3.52. The van der Waals surface area contributed by atoms with E-state index in [1.54, 1.807) is 12.3 Å². The van der Waals surface area contributed by atoms with Crippen LogP contribution in [0.3, 0.4) is 0 Å². The summed E-state index contributed by atoms with van der Waals surface area (Å²) in [4.78, 5) is 3.93. The number of ether oxygens (including phenoxy) is 1. The number of pyridine rings is 1. The highest BCUT2D eigenvalue weighted by molar-refractivity contribution is 5.45. The Kier molecular flexibility index (Phi) is 2.54. The number of aryl methyl sites for hydroxylation is 1. The van der Waals surface area contributed by atoms with Crippen LogP contribution >= 0.6 is 0 Å². The molecule has 0 amide bonds. The van der Waals surface area contributed by atoms with E-state index >= 15 is 0 Å². The largest absolute Gasteiger partial charge is 0.464 e. The van der Waals surface area contributed by atoms with Gasteiger partial charge in [-0.25, -0.2) is 4.98 Å². The first kappa shape index (κ1) is 8.41. The zero-order chi connectivity index (χ0) is 8.97. The topological polar surface area (TPSA) is 48.1 Å². The zero-order valence-electron chi connectivity index (χ0n) is 6.87. The molecule has 0 unspecified atom stereocenters. The Morgan fingerprint density at radius 2 is 2.50 bits per heavy atom. The predicted molar refractivity (Wildman–Crippen MR) is 47.7 cm³/mol. The van der Waals surface area contributed by atoms with E-state index in [0.717, 1.165) is 5.56 Å². The van der Waals surface area contributed by atoms with E-state index in [0.29, 0.717) is 11.6 Å². The van der Waals surface area contributed by atoms with Gasteiger partial charge < -0.3 is 10.5 Å². The van der Waals surface area contributed by atoms with Gasteiger partial charge in [-0.1, -0.05) is 5.92 Å². The lowest BCUT2D eigenvalue weighted by atomic mass is 10.2. The minimum absolute atomic E-state index is 0.232. The van der Waals surface area contributed by atoms with E-state index in [9.17, 15) is 0 Å². The van der Waals surface area contributed by atoms with Gasteiger partial charge in [-0.05, 0) is 12.5 Å². The van der Waals surface area contributed by atoms with Gasteiger partial charge in [0.1, 0.15) is 0 Å². The Morgan fingerprint density at radius 1 is 1.75 bits per heavy atom. The SMILES string of the molecule is C#CCOc1cc(C)c(N)cn1. The fourth-order valence-electron chi connectivity index (χ4n) is 0.735. The van der Waals surface area contributed by atoms with Gasteiger partial charge in [0.05, 0.1) is 11.9 Å². The van der Waals surface area contributed by atoms with E-state index in [1.807, 2.05) is 6.92 Å². The van der Waals surface area contributed by atoms with Crippen molar-refractivity contribution in [3.05, 3.63) is 17.8 Å². The molecule has 3 heteroatoms. The zero-order valence-corrected chi connectivity index (χ0v) is 6.87. The second-order valence-corrected chi connectivity index (χ2v) is 2.37. The van der Waals surface area contributed by atoms with Gasteiger partial charge in [0.2, 0.25) is 5.88 Å². The van der Waals surface area contributed by atoms with Gasteiger partial charge in [0.15, 0.2) is 6.61 Å². The number of nitrogen functional groups attached to an aromatic ring is 1. The third kappa shape index (κ3) is 1.89. The first-order valence-electron chi connectivity index (χ1n) is 3.52. The number of anilines is 1. The van der Waals surface area contributed by atoms with Crippen LogP contribution in [0.15, 0.2) is 12.3 Å². The molecular weight excluding hydrogens is 152 g/mol. The highest BCUT2D eigenvalue weighted by Crippen LogP contribution is 2.14. The van der Waals surface area contributed by atoms with Gasteiger partial charge in [0.25, 0.3) is 0 Å². The molecule has 1 heterocycles. The first-order chi connectivity index (χ1) is 5.74. The Labute approximate surface area is 71.6 Å². The molecule has 0 aliphatic carbocycles. The van der Waals surface area contributed by atoms with Gasteiger partial charge in [-0.15, -0.1) is 6.42 Å². The van der Waals surface area contributed by atoms with Crippen molar-refractivity contribution in [2.45, 2.75) is 6.92 Å². The van der Waals surface area contributed by atoms with Crippen LogP contribution in [0.25, 0.3) is 0 Å². The van der Waals surface area contributed by atoms with Crippen molar-refractivity contribution in [2.24, 2.45) is 0 Å². The van der Waals surface area contributed by atoms with E-state index in [1.165, 1.54) is 0 Å². The summed E-state index contributed by atoms with van der Waals surface area (Å²) in [7, 11) is 0. The van der Waals surface area contributed by atoms with E-state index in [-0.39, 0.29) is 6.61 Å². The normalized spacial score (nSPS) is 9.00. The molecule has 0 bridgehead atoms. The Hall–Kier alpha value is -1.69. The van der Waals surface area contributed by atoms with Gasteiger partial charge in [0, 0.05) is 6.07 Å². The van der Waals surface area contributed by atoms with Crippen molar-refractivity contribution in [3.8, 4) is 18.2 Å². The molecule has 62 valence electrons. The molecule has 0 saturated heterocycles. The molecule has 0 aromatic carbocycles. The molecule has 0 radical (unpaired) electrons. The molecule has 0 atom stereocenters. The number of rotatable bonds is 2. The number of aromatic nitrogens is 1. The molecule has 1 rings (SSSR count). The van der Waals surface area contributed by atoms with Crippen molar-refractivity contribution in [1.82, 2.24) is 4.98 Å². The Morgan fingerprint density at radius 3 is 3.08 bits per heavy atom. The summed E-state index contributed by atoms with van der Waals surface area (Å²) in [5, 5.41) is 0. The minimum Gasteiger partial charge on any atom is -0.464 e. The highest BCUT2D eigenvalue weighted by atomic mass is 16.5. The quantitative estimate of drug-likeness (QED) is 0.659. The lowest BCUT2D eigenvalue weighted by Gasteiger charge is -2.03. The number of hydrogen-bond acceptors (Lipinski definition) is 3. The molecule has 0 fully saturated rings. The smallest absolute Gasteiger partial charge is 0.214 e. The lowest BCUT2D eigenvalue weighted by molar-refractivity contribution is 0.355. The van der Waals surface area contributed by atoms with Crippen LogP contribution in [0, 0.1) is 19.3 Å². The van der Waals surface area contributed by atoms with E-state index in [2.05, 4.69) is 10.9 Å². The maximum absolute atomic E-state index is 5.56. The molecule has 2 N–H and O–H groups in total. The average Bonchev–Trinajstić information content (AvgIpc) is 2.07. The summed E-state index contributed by atoms with van der Waals surface area (Å²) in [5.74, 6) is 2.87. The van der Waals surface area contributed by atoms with Crippen LogP contribution in [0.2, 0.25) is 0 Å². The molecule has 0 spiro atoms. The summed E-state index contributed by atoms with van der Waals surface area (Å²) in [6.07, 6.45) is 6.57. The number of nitrogens with two attached hydrogens (primary N) is 1. The van der Waals surface area contributed by atoms with Crippen LogP contribution in [0.4, 0.5) is 5.69 Å². The van der Waals surface area contributed by atoms with Crippen molar-refractivity contribution >= 4 is 5.69 Å². The Balaban J connectivity index is 2.77. The summed E-state index contributed by atoms with van der Waals surface area (Å²) in [5.41, 5.74) is 7.16. The number of hydrogen-bond donors (Lipinski definition) is 1. The van der Waals surface area contributed by atoms with Crippen LogP contribution in [0.5, 0.6) is 5.88 Å². The lowest BCUT2D eigenvalue weighted by Crippen LogP contribution is -1.98. The fourth-order valence-corrected chi connectivity index (χ4v) is 0.735. The molecule has 0 saturated carbocycles. The monoisotopic (exact) mass is 162 g/mol. The van der Waals surface area contributed by atoms with Crippen molar-refractivity contribution in [1.29, 1.82) is 0 Å².